The van der Waals surface area contributed by atoms with E-state index in [2.05, 4.69) is 28.6 Å². The molecule has 1 aliphatic rings. The second kappa shape index (κ2) is 6.31. The van der Waals surface area contributed by atoms with Gasteiger partial charge in [-0.15, -0.1) is 23.3 Å². The van der Waals surface area contributed by atoms with Gasteiger partial charge in [0.05, 0.1) is 0 Å². The van der Waals surface area contributed by atoms with Crippen LogP contribution in [0.3, 0.4) is 0 Å². The third-order valence-electron chi connectivity index (χ3n) is 3.05. The van der Waals surface area contributed by atoms with Gasteiger partial charge in [0.15, 0.2) is 0 Å². The Kier molecular flexibility index (Phi) is 6.35. The summed E-state index contributed by atoms with van der Waals surface area (Å²) in [6, 6.07) is 0.149. The van der Waals surface area contributed by atoms with Gasteiger partial charge in [0.2, 0.25) is 5.91 Å². The van der Waals surface area contributed by atoms with Gasteiger partial charge in [0.1, 0.15) is 0 Å². The summed E-state index contributed by atoms with van der Waals surface area (Å²) in [4.78, 5) is 11.0. The molecular weight excluding hydrogens is 256 g/mol. The number of nitrogens with zero attached hydrogens (tertiary/aromatic N) is 1. The van der Waals surface area contributed by atoms with E-state index in [0.717, 1.165) is 12.8 Å². The van der Waals surface area contributed by atoms with Crippen molar-refractivity contribution in [3.8, 4) is 0 Å². The van der Waals surface area contributed by atoms with Gasteiger partial charge in [-0.05, 0) is 40.5 Å². The monoisotopic (exact) mass is 280 g/mol. The van der Waals surface area contributed by atoms with Crippen LogP contribution in [0.15, 0.2) is 0 Å². The Morgan fingerprint density at radius 1 is 1.24 bits per heavy atom. The van der Waals surface area contributed by atoms with Crippen molar-refractivity contribution >= 4 is 29.2 Å². The van der Waals surface area contributed by atoms with E-state index in [4.69, 9.17) is 0 Å². The van der Waals surface area contributed by atoms with E-state index >= 15 is 0 Å². The molecule has 0 bridgehead atoms. The summed E-state index contributed by atoms with van der Waals surface area (Å²) >= 11 is 6.44. The molecule has 0 unspecified atom stereocenters. The Morgan fingerprint density at radius 3 is 1.88 bits per heavy atom. The number of hydrogen-bond acceptors (Lipinski definition) is 5. The number of carbonyl (C=O) groups excluding carboxylic acids is 1. The maximum Gasteiger partial charge on any atom is 0.217 e. The minimum absolute atomic E-state index is 0.00186. The highest BCUT2D eigenvalue weighted by Gasteiger charge is 2.45. The summed E-state index contributed by atoms with van der Waals surface area (Å²) in [6.07, 6.45) is 1.54. The smallest absolute Gasteiger partial charge is 0.217 e. The second-order valence-corrected chi connectivity index (χ2v) is 5.74. The average molecular weight is 280 g/mol. The molecule has 0 atom stereocenters. The standard InChI is InChI=1S/C11H22N2O2.H2S2/c1-8(14)12-9-6-10(2,3)13(15)11(4,5)7-9;1-2/h9,15H,6-7H2,1-5H3,(H,12,14);1-2H. The van der Waals surface area contributed by atoms with Crippen LogP contribution < -0.4 is 5.32 Å². The molecule has 1 amide bonds. The summed E-state index contributed by atoms with van der Waals surface area (Å²) in [7, 11) is 0. The van der Waals surface area contributed by atoms with Crippen LogP contribution in [0.1, 0.15) is 47.5 Å². The first-order valence-electron chi connectivity index (χ1n) is 5.61. The molecule has 1 heterocycles. The normalized spacial score (nSPS) is 23.5. The first kappa shape index (κ1) is 17.1. The van der Waals surface area contributed by atoms with Gasteiger partial charge in [-0.1, -0.05) is 0 Å². The zero-order valence-electron chi connectivity index (χ0n) is 11.2. The van der Waals surface area contributed by atoms with Crippen molar-refractivity contribution in [2.24, 2.45) is 0 Å². The number of hydrogen-bond donors (Lipinski definition) is 4. The van der Waals surface area contributed by atoms with Crippen molar-refractivity contribution in [1.82, 2.24) is 10.4 Å². The van der Waals surface area contributed by atoms with Gasteiger partial charge in [-0.2, -0.15) is 5.06 Å². The average Bonchev–Trinajstić information content (AvgIpc) is 2.15. The van der Waals surface area contributed by atoms with Crippen molar-refractivity contribution in [3.05, 3.63) is 0 Å². The lowest BCUT2D eigenvalue weighted by Crippen LogP contribution is -2.62. The van der Waals surface area contributed by atoms with Gasteiger partial charge >= 0.3 is 0 Å². The van der Waals surface area contributed by atoms with Gasteiger partial charge in [0.25, 0.3) is 0 Å². The van der Waals surface area contributed by atoms with E-state index in [9.17, 15) is 10.0 Å². The minimum Gasteiger partial charge on any atom is -0.353 e. The van der Waals surface area contributed by atoms with E-state index in [1.165, 1.54) is 12.0 Å². The summed E-state index contributed by atoms with van der Waals surface area (Å²) in [6.45, 7) is 9.49. The van der Waals surface area contributed by atoms with Crippen molar-refractivity contribution in [1.29, 1.82) is 0 Å². The Labute approximate surface area is 114 Å². The van der Waals surface area contributed by atoms with Crippen LogP contribution in [0.4, 0.5) is 0 Å². The Bertz CT molecular complexity index is 252. The van der Waals surface area contributed by atoms with Crippen molar-refractivity contribution in [2.75, 3.05) is 0 Å². The number of piperidine rings is 1. The first-order valence-corrected chi connectivity index (χ1v) is 7.21. The highest BCUT2D eigenvalue weighted by atomic mass is 33.1. The number of rotatable bonds is 1. The van der Waals surface area contributed by atoms with Crippen LogP contribution in [0.2, 0.25) is 0 Å². The summed E-state index contributed by atoms with van der Waals surface area (Å²) in [5.74, 6) is -0.00186. The molecule has 0 radical (unpaired) electrons. The van der Waals surface area contributed by atoms with Gasteiger partial charge in [0, 0.05) is 24.0 Å². The fourth-order valence-corrected chi connectivity index (χ4v) is 2.66. The molecule has 6 heteroatoms. The van der Waals surface area contributed by atoms with Gasteiger partial charge in [-0.3, -0.25) is 4.79 Å². The van der Waals surface area contributed by atoms with E-state index in [1.807, 2.05) is 27.7 Å². The molecule has 0 saturated carbocycles. The highest BCUT2D eigenvalue weighted by Crippen LogP contribution is 2.36. The van der Waals surface area contributed by atoms with Gasteiger partial charge < -0.3 is 10.5 Å². The summed E-state index contributed by atoms with van der Waals surface area (Å²) in [5.41, 5.74) is -0.594. The van der Waals surface area contributed by atoms with E-state index in [-0.39, 0.29) is 23.0 Å². The SMILES string of the molecule is CC(=O)NC1CC(C)(C)N(O)C(C)(C)C1.SS. The third-order valence-corrected chi connectivity index (χ3v) is 3.05. The largest absolute Gasteiger partial charge is 0.353 e. The molecule has 1 rings (SSSR count). The molecule has 0 aromatic carbocycles. The number of nitrogens with one attached hydrogen (secondary N) is 1. The number of carbonyl (C=O) groups is 1. The second-order valence-electron chi connectivity index (χ2n) is 5.74. The van der Waals surface area contributed by atoms with Crippen LogP contribution in [-0.4, -0.2) is 33.3 Å². The molecular formula is C11H24N2O2S2. The van der Waals surface area contributed by atoms with Crippen LogP contribution in [-0.2, 0) is 4.79 Å². The minimum atomic E-state index is -0.297. The molecule has 102 valence electrons. The van der Waals surface area contributed by atoms with Crippen LogP contribution in [0.5, 0.6) is 0 Å². The Morgan fingerprint density at radius 2 is 1.59 bits per heavy atom. The summed E-state index contributed by atoms with van der Waals surface area (Å²) < 4.78 is 0. The lowest BCUT2D eigenvalue weighted by Gasteiger charge is -2.51. The fraction of sp³-hybridized carbons (Fsp3) is 0.909. The number of hydroxylamine groups is 2. The summed E-state index contributed by atoms with van der Waals surface area (Å²) in [5, 5.41) is 14.4. The van der Waals surface area contributed by atoms with Crippen LogP contribution in [0.25, 0.3) is 0 Å². The van der Waals surface area contributed by atoms with E-state index < -0.39 is 0 Å². The predicted molar refractivity (Wildman–Crippen MR) is 76.6 cm³/mol. The molecule has 0 aliphatic carbocycles. The molecule has 0 aromatic heterocycles. The first-order chi connectivity index (χ1) is 7.65. The van der Waals surface area contributed by atoms with Crippen LogP contribution >= 0.6 is 23.3 Å². The Balaban J connectivity index is 0.00000121. The van der Waals surface area contributed by atoms with Crippen molar-refractivity contribution in [3.63, 3.8) is 0 Å². The zero-order chi connectivity index (χ0) is 13.9. The molecule has 1 aliphatic heterocycles. The number of thiol groups is 2. The van der Waals surface area contributed by atoms with E-state index in [0.29, 0.717) is 0 Å². The van der Waals surface area contributed by atoms with Gasteiger partial charge in [-0.25, -0.2) is 0 Å². The van der Waals surface area contributed by atoms with Crippen LogP contribution in [0, 0.1) is 0 Å². The molecule has 1 fully saturated rings. The predicted octanol–water partition coefficient (Wildman–Crippen LogP) is 2.29. The lowest BCUT2D eigenvalue weighted by atomic mass is 9.79. The van der Waals surface area contributed by atoms with Crippen molar-refractivity contribution in [2.45, 2.75) is 64.6 Å². The molecule has 0 spiro atoms. The zero-order valence-corrected chi connectivity index (χ0v) is 13.0. The molecule has 0 aromatic rings. The maximum absolute atomic E-state index is 11.0. The third kappa shape index (κ3) is 4.69. The molecule has 1 saturated heterocycles. The molecule has 2 N–H and O–H groups in total. The maximum atomic E-state index is 11.0. The molecule has 4 nitrogen and oxygen atoms in total. The fourth-order valence-electron chi connectivity index (χ4n) is 2.66. The quantitative estimate of drug-likeness (QED) is 0.440. The van der Waals surface area contributed by atoms with Crippen molar-refractivity contribution < 1.29 is 10.0 Å². The lowest BCUT2D eigenvalue weighted by molar-refractivity contribution is -0.246. The number of amides is 1. The highest BCUT2D eigenvalue weighted by molar-refractivity contribution is 8.59. The molecule has 17 heavy (non-hydrogen) atoms. The Hall–Kier alpha value is 0.0900. The topological polar surface area (TPSA) is 52.6 Å². The van der Waals surface area contributed by atoms with E-state index in [1.54, 1.807) is 0 Å².